The number of carbonyl (C=O) groups excluding carboxylic acids is 2. The van der Waals surface area contributed by atoms with Crippen molar-refractivity contribution >= 4 is 40.4 Å². The predicted molar refractivity (Wildman–Crippen MR) is 131 cm³/mol. The van der Waals surface area contributed by atoms with Gasteiger partial charge in [-0.1, -0.05) is 60.3 Å². The van der Waals surface area contributed by atoms with Crippen LogP contribution < -0.4 is 5.32 Å². The fourth-order valence-corrected chi connectivity index (χ4v) is 5.02. The summed E-state index contributed by atoms with van der Waals surface area (Å²) >= 11 is 1.42. The quantitative estimate of drug-likeness (QED) is 0.233. The highest BCUT2D eigenvalue weighted by molar-refractivity contribution is 7.99. The zero-order valence-corrected chi connectivity index (χ0v) is 18.9. The molecular weight excluding hydrogens is 448 g/mol. The van der Waals surface area contributed by atoms with Gasteiger partial charge in [0.15, 0.2) is 11.6 Å². The molecule has 0 radical (unpaired) electrons. The Kier molecular flexibility index (Phi) is 5.47. The van der Waals surface area contributed by atoms with Crippen LogP contribution in [0.5, 0.6) is 0 Å². The maximum absolute atomic E-state index is 13.6. The van der Waals surface area contributed by atoms with E-state index >= 15 is 0 Å². The normalized spacial score (nSPS) is 12.1. The zero-order valence-electron chi connectivity index (χ0n) is 18.1. The molecule has 0 aliphatic heterocycles. The number of fused-ring (bicyclic) bond motifs is 2. The molecule has 4 aromatic carbocycles. The number of nitro benzene ring substituents is 1. The number of nitro groups is 1. The lowest BCUT2D eigenvalue weighted by Gasteiger charge is -2.23. The van der Waals surface area contributed by atoms with Crippen LogP contribution in [0.2, 0.25) is 0 Å². The van der Waals surface area contributed by atoms with Crippen LogP contribution in [0.15, 0.2) is 94.7 Å². The molecule has 0 saturated heterocycles. The molecule has 0 amide bonds. The molecule has 0 spiro atoms. The van der Waals surface area contributed by atoms with Crippen LogP contribution in [0.25, 0.3) is 0 Å². The molecule has 6 nitrogen and oxygen atoms in total. The summed E-state index contributed by atoms with van der Waals surface area (Å²) in [6.45, 7) is 1.67. The van der Waals surface area contributed by atoms with Gasteiger partial charge in [-0.25, -0.2) is 0 Å². The highest BCUT2D eigenvalue weighted by Crippen LogP contribution is 2.41. The highest BCUT2D eigenvalue weighted by atomic mass is 32.2. The summed E-state index contributed by atoms with van der Waals surface area (Å²) in [6.07, 6.45) is 0. The van der Waals surface area contributed by atoms with Crippen molar-refractivity contribution in [1.82, 2.24) is 0 Å². The summed E-state index contributed by atoms with van der Waals surface area (Å²) in [5, 5.41) is 14.5. The lowest BCUT2D eigenvalue weighted by atomic mass is 9.83. The standard InChI is InChI=1S/C27H18N2O4S/c1-16-11-12-17(15-22(16)29(32)33)28-21-13-14-23(34-18-7-3-2-4-8-18)25-24(21)26(30)19-9-5-6-10-20(19)27(25)31/h2-15,28H,1H3. The number of nitrogens with one attached hydrogen (secondary N) is 1. The van der Waals surface area contributed by atoms with Gasteiger partial charge in [0, 0.05) is 43.8 Å². The molecule has 0 saturated carbocycles. The molecule has 0 atom stereocenters. The molecule has 0 fully saturated rings. The van der Waals surface area contributed by atoms with E-state index in [-0.39, 0.29) is 22.8 Å². The molecule has 1 aliphatic rings. The maximum Gasteiger partial charge on any atom is 0.274 e. The van der Waals surface area contributed by atoms with Gasteiger partial charge in [-0.05, 0) is 37.3 Å². The second kappa shape index (κ2) is 8.61. The summed E-state index contributed by atoms with van der Waals surface area (Å²) in [4.78, 5) is 39.7. The van der Waals surface area contributed by atoms with Crippen molar-refractivity contribution in [1.29, 1.82) is 0 Å². The van der Waals surface area contributed by atoms with Crippen LogP contribution in [0, 0.1) is 17.0 Å². The fourth-order valence-electron chi connectivity index (χ4n) is 4.04. The van der Waals surface area contributed by atoms with Crippen LogP contribution in [0.1, 0.15) is 37.4 Å². The van der Waals surface area contributed by atoms with E-state index in [1.807, 2.05) is 30.3 Å². The number of aryl methyl sites for hydroxylation is 1. The summed E-state index contributed by atoms with van der Waals surface area (Å²) < 4.78 is 0. The molecule has 1 N–H and O–H groups in total. The SMILES string of the molecule is Cc1ccc(Nc2ccc(Sc3ccccc3)c3c2C(=O)c2ccccc2C3=O)cc1[N+](=O)[O-]. The van der Waals surface area contributed by atoms with E-state index < -0.39 is 4.92 Å². The number of nitrogens with zero attached hydrogens (tertiary/aromatic N) is 1. The van der Waals surface area contributed by atoms with Gasteiger partial charge in [-0.15, -0.1) is 0 Å². The Morgan fingerprint density at radius 1 is 0.794 bits per heavy atom. The van der Waals surface area contributed by atoms with Gasteiger partial charge >= 0.3 is 0 Å². The first-order valence-corrected chi connectivity index (χ1v) is 11.4. The van der Waals surface area contributed by atoms with Crippen molar-refractivity contribution in [2.24, 2.45) is 0 Å². The van der Waals surface area contributed by atoms with Crippen LogP contribution in [-0.4, -0.2) is 16.5 Å². The topological polar surface area (TPSA) is 89.3 Å². The largest absolute Gasteiger partial charge is 0.355 e. The van der Waals surface area contributed by atoms with Crippen molar-refractivity contribution in [3.05, 3.63) is 123 Å². The third kappa shape index (κ3) is 3.76. The van der Waals surface area contributed by atoms with Gasteiger partial charge in [0.1, 0.15) is 0 Å². The molecule has 0 unspecified atom stereocenters. The first kappa shape index (κ1) is 21.6. The Hall–Kier alpha value is -4.23. The smallest absolute Gasteiger partial charge is 0.274 e. The average Bonchev–Trinajstić information content (AvgIpc) is 2.85. The van der Waals surface area contributed by atoms with Crippen LogP contribution in [-0.2, 0) is 0 Å². The Labute approximate surface area is 199 Å². The van der Waals surface area contributed by atoms with Crippen molar-refractivity contribution in [2.45, 2.75) is 16.7 Å². The lowest BCUT2D eigenvalue weighted by molar-refractivity contribution is -0.385. The van der Waals surface area contributed by atoms with Gasteiger partial charge in [-0.2, -0.15) is 0 Å². The first-order valence-electron chi connectivity index (χ1n) is 10.5. The van der Waals surface area contributed by atoms with E-state index in [9.17, 15) is 19.7 Å². The number of rotatable bonds is 5. The van der Waals surface area contributed by atoms with E-state index in [0.717, 1.165) is 4.90 Å². The summed E-state index contributed by atoms with van der Waals surface area (Å²) in [6, 6.07) is 24.8. The second-order valence-corrected chi connectivity index (χ2v) is 8.98. The maximum atomic E-state index is 13.6. The van der Waals surface area contributed by atoms with Crippen molar-refractivity contribution in [3.8, 4) is 0 Å². The minimum Gasteiger partial charge on any atom is -0.355 e. The van der Waals surface area contributed by atoms with Gasteiger partial charge in [-0.3, -0.25) is 19.7 Å². The number of hydrogen-bond donors (Lipinski definition) is 1. The molecule has 0 heterocycles. The monoisotopic (exact) mass is 466 g/mol. The number of hydrogen-bond acceptors (Lipinski definition) is 6. The Balaban J connectivity index is 1.66. The third-order valence-corrected chi connectivity index (χ3v) is 6.76. The minimum atomic E-state index is -0.444. The summed E-state index contributed by atoms with van der Waals surface area (Å²) in [5.41, 5.74) is 2.73. The lowest BCUT2D eigenvalue weighted by Crippen LogP contribution is -2.23. The summed E-state index contributed by atoms with van der Waals surface area (Å²) in [5.74, 6) is -0.480. The average molecular weight is 467 g/mol. The molecule has 4 aromatic rings. The molecule has 1 aliphatic carbocycles. The Bertz CT molecular complexity index is 1480. The molecule has 0 aromatic heterocycles. The molecule has 5 rings (SSSR count). The third-order valence-electron chi connectivity index (χ3n) is 5.69. The van der Waals surface area contributed by atoms with Gasteiger partial charge < -0.3 is 5.32 Å². The van der Waals surface area contributed by atoms with Crippen LogP contribution in [0.3, 0.4) is 0 Å². The van der Waals surface area contributed by atoms with E-state index in [0.29, 0.717) is 38.5 Å². The Morgan fingerprint density at radius 2 is 1.44 bits per heavy atom. The van der Waals surface area contributed by atoms with Gasteiger partial charge in [0.25, 0.3) is 5.69 Å². The minimum absolute atomic E-state index is 0.0251. The van der Waals surface area contributed by atoms with E-state index in [1.54, 1.807) is 55.5 Å². The molecule has 34 heavy (non-hydrogen) atoms. The van der Waals surface area contributed by atoms with E-state index in [1.165, 1.54) is 17.8 Å². The van der Waals surface area contributed by atoms with Crippen molar-refractivity contribution < 1.29 is 14.5 Å². The van der Waals surface area contributed by atoms with Crippen molar-refractivity contribution in [2.75, 3.05) is 5.32 Å². The van der Waals surface area contributed by atoms with Crippen molar-refractivity contribution in [3.63, 3.8) is 0 Å². The van der Waals surface area contributed by atoms with Gasteiger partial charge in [0.05, 0.1) is 16.2 Å². The van der Waals surface area contributed by atoms with E-state index in [2.05, 4.69) is 5.32 Å². The van der Waals surface area contributed by atoms with Crippen LogP contribution in [0.4, 0.5) is 17.1 Å². The number of anilines is 2. The number of carbonyl (C=O) groups is 2. The molecular formula is C27H18N2O4S. The van der Waals surface area contributed by atoms with Crippen LogP contribution >= 0.6 is 11.8 Å². The van der Waals surface area contributed by atoms with E-state index in [4.69, 9.17) is 0 Å². The molecule has 0 bridgehead atoms. The van der Waals surface area contributed by atoms with Gasteiger partial charge in [0.2, 0.25) is 0 Å². The first-order chi connectivity index (χ1) is 16.4. The highest BCUT2D eigenvalue weighted by Gasteiger charge is 2.34. The zero-order chi connectivity index (χ0) is 23.8. The number of ketones is 2. The second-order valence-electron chi connectivity index (χ2n) is 7.86. The fraction of sp³-hybridized carbons (Fsp3) is 0.0370. The predicted octanol–water partition coefficient (Wildman–Crippen LogP) is 6.57. The molecule has 166 valence electrons. The molecule has 7 heteroatoms. The number of benzene rings is 4. The summed E-state index contributed by atoms with van der Waals surface area (Å²) in [7, 11) is 0. The Morgan fingerprint density at radius 3 is 2.12 bits per heavy atom.